The molecule has 1 aromatic carbocycles. The lowest BCUT2D eigenvalue weighted by Crippen LogP contribution is -2.28. The number of ether oxygens (including phenoxy) is 4. The minimum absolute atomic E-state index is 0.0559. The third-order valence-electron chi connectivity index (χ3n) is 3.22. The number of hydrogen-bond donors (Lipinski definition) is 1. The number of benzene rings is 1. The summed E-state index contributed by atoms with van der Waals surface area (Å²) in [5.74, 6) is 1.57. The second-order valence-corrected chi connectivity index (χ2v) is 4.82. The Bertz CT molecular complexity index is 411. The van der Waals surface area contributed by atoms with Gasteiger partial charge in [-0.2, -0.15) is 0 Å². The lowest BCUT2D eigenvalue weighted by molar-refractivity contribution is -0.000605. The maximum atomic E-state index is 5.83. The second kappa shape index (κ2) is 9.60. The Morgan fingerprint density at radius 1 is 1.10 bits per heavy atom. The molecule has 0 saturated heterocycles. The van der Waals surface area contributed by atoms with Gasteiger partial charge in [-0.15, -0.1) is 0 Å². The van der Waals surface area contributed by atoms with Crippen LogP contribution >= 0.6 is 0 Å². The third-order valence-corrected chi connectivity index (χ3v) is 3.22. The molecule has 0 heterocycles. The predicted molar refractivity (Wildman–Crippen MR) is 83.3 cm³/mol. The van der Waals surface area contributed by atoms with E-state index < -0.39 is 0 Å². The Morgan fingerprint density at radius 2 is 1.86 bits per heavy atom. The van der Waals surface area contributed by atoms with Crippen molar-refractivity contribution in [3.63, 3.8) is 0 Å². The van der Waals surface area contributed by atoms with Crippen LogP contribution in [0.1, 0.15) is 25.5 Å². The molecule has 0 aliphatic carbocycles. The van der Waals surface area contributed by atoms with Gasteiger partial charge in [0.2, 0.25) is 0 Å². The molecular weight excluding hydrogens is 270 g/mol. The van der Waals surface area contributed by atoms with Crippen LogP contribution in [0.25, 0.3) is 0 Å². The van der Waals surface area contributed by atoms with Gasteiger partial charge in [-0.1, -0.05) is 6.92 Å². The van der Waals surface area contributed by atoms with Crippen LogP contribution in [-0.4, -0.2) is 47.2 Å². The first-order chi connectivity index (χ1) is 10.2. The maximum absolute atomic E-state index is 5.83. The van der Waals surface area contributed by atoms with Gasteiger partial charge in [0.1, 0.15) is 11.5 Å². The predicted octanol–water partition coefficient (Wildman–Crippen LogP) is 2.41. The standard InChI is InChI=1S/C16H27NO4/c1-6-17-15(11-21-12(2)10-18-3)14-8-7-13(19-4)9-16(14)20-5/h7-9,12,15,17H,6,10-11H2,1-5H3. The summed E-state index contributed by atoms with van der Waals surface area (Å²) in [6, 6.07) is 5.89. The van der Waals surface area contributed by atoms with E-state index in [1.807, 2.05) is 25.1 Å². The third kappa shape index (κ3) is 5.53. The number of hydrogen-bond acceptors (Lipinski definition) is 5. The van der Waals surface area contributed by atoms with Crippen molar-refractivity contribution in [3.8, 4) is 11.5 Å². The first kappa shape index (κ1) is 17.8. The fraction of sp³-hybridized carbons (Fsp3) is 0.625. The SMILES string of the molecule is CCNC(COC(C)COC)c1ccc(OC)cc1OC. The van der Waals surface area contributed by atoms with E-state index in [0.717, 1.165) is 23.6 Å². The minimum Gasteiger partial charge on any atom is -0.497 e. The maximum Gasteiger partial charge on any atom is 0.127 e. The topological polar surface area (TPSA) is 49.0 Å². The van der Waals surface area contributed by atoms with E-state index in [-0.39, 0.29) is 12.1 Å². The van der Waals surface area contributed by atoms with Crippen LogP contribution < -0.4 is 14.8 Å². The Kier molecular flexibility index (Phi) is 8.12. The van der Waals surface area contributed by atoms with Gasteiger partial charge in [0.25, 0.3) is 0 Å². The van der Waals surface area contributed by atoms with Crippen molar-refractivity contribution in [2.75, 3.05) is 41.1 Å². The van der Waals surface area contributed by atoms with Crippen molar-refractivity contribution in [2.24, 2.45) is 0 Å². The first-order valence-electron chi connectivity index (χ1n) is 7.22. The first-order valence-corrected chi connectivity index (χ1v) is 7.22. The highest BCUT2D eigenvalue weighted by molar-refractivity contribution is 5.42. The van der Waals surface area contributed by atoms with Crippen molar-refractivity contribution in [3.05, 3.63) is 23.8 Å². The quantitative estimate of drug-likeness (QED) is 0.718. The fourth-order valence-electron chi connectivity index (χ4n) is 2.15. The summed E-state index contributed by atoms with van der Waals surface area (Å²) in [5, 5.41) is 3.42. The molecule has 2 unspecified atom stereocenters. The van der Waals surface area contributed by atoms with Crippen LogP contribution in [0.5, 0.6) is 11.5 Å². The van der Waals surface area contributed by atoms with Crippen molar-refractivity contribution >= 4 is 0 Å². The van der Waals surface area contributed by atoms with Gasteiger partial charge in [0.15, 0.2) is 0 Å². The smallest absolute Gasteiger partial charge is 0.127 e. The zero-order valence-electron chi connectivity index (χ0n) is 13.6. The highest BCUT2D eigenvalue weighted by atomic mass is 16.5. The van der Waals surface area contributed by atoms with Crippen LogP contribution in [0.3, 0.4) is 0 Å². The van der Waals surface area contributed by atoms with E-state index in [2.05, 4.69) is 12.2 Å². The summed E-state index contributed by atoms with van der Waals surface area (Å²) in [5.41, 5.74) is 1.06. The van der Waals surface area contributed by atoms with E-state index in [4.69, 9.17) is 18.9 Å². The summed E-state index contributed by atoms with van der Waals surface area (Å²) in [4.78, 5) is 0. The molecule has 0 aliphatic heterocycles. The Morgan fingerprint density at radius 3 is 2.43 bits per heavy atom. The molecule has 0 aliphatic rings. The normalized spacial score (nSPS) is 13.8. The lowest BCUT2D eigenvalue weighted by atomic mass is 10.1. The van der Waals surface area contributed by atoms with E-state index in [1.54, 1.807) is 21.3 Å². The second-order valence-electron chi connectivity index (χ2n) is 4.82. The van der Waals surface area contributed by atoms with E-state index >= 15 is 0 Å². The van der Waals surface area contributed by atoms with Crippen LogP contribution in [0.15, 0.2) is 18.2 Å². The molecule has 1 N–H and O–H groups in total. The Labute approximate surface area is 127 Å². The molecule has 21 heavy (non-hydrogen) atoms. The Hall–Kier alpha value is -1.30. The molecular formula is C16H27NO4. The lowest BCUT2D eigenvalue weighted by Gasteiger charge is -2.23. The van der Waals surface area contributed by atoms with Gasteiger partial charge < -0.3 is 24.3 Å². The minimum atomic E-state index is 0.0559. The molecule has 5 heteroatoms. The van der Waals surface area contributed by atoms with Gasteiger partial charge in [-0.25, -0.2) is 0 Å². The average Bonchev–Trinajstić information content (AvgIpc) is 2.51. The summed E-state index contributed by atoms with van der Waals surface area (Å²) in [6.45, 7) is 6.06. The number of rotatable bonds is 10. The van der Waals surface area contributed by atoms with Gasteiger partial charge in [-0.3, -0.25) is 0 Å². The number of likely N-dealkylation sites (N-methyl/N-ethyl adjacent to an activating group) is 1. The molecule has 0 bridgehead atoms. The van der Waals surface area contributed by atoms with Gasteiger partial charge in [0.05, 0.1) is 39.6 Å². The molecule has 1 aromatic rings. The summed E-state index contributed by atoms with van der Waals surface area (Å²) < 4.78 is 21.6. The molecule has 0 saturated carbocycles. The summed E-state index contributed by atoms with van der Waals surface area (Å²) >= 11 is 0. The number of nitrogens with one attached hydrogen (secondary N) is 1. The van der Waals surface area contributed by atoms with Crippen LogP contribution in [0.2, 0.25) is 0 Å². The molecule has 0 spiro atoms. The van der Waals surface area contributed by atoms with Crippen LogP contribution in [0.4, 0.5) is 0 Å². The highest BCUT2D eigenvalue weighted by Crippen LogP contribution is 2.29. The van der Waals surface area contributed by atoms with Gasteiger partial charge in [-0.05, 0) is 25.6 Å². The van der Waals surface area contributed by atoms with E-state index in [0.29, 0.717) is 13.2 Å². The zero-order chi connectivity index (χ0) is 15.7. The van der Waals surface area contributed by atoms with Crippen molar-refractivity contribution in [1.82, 2.24) is 5.32 Å². The Balaban J connectivity index is 2.83. The molecule has 0 fully saturated rings. The molecule has 5 nitrogen and oxygen atoms in total. The van der Waals surface area contributed by atoms with E-state index in [1.165, 1.54) is 0 Å². The molecule has 0 aromatic heterocycles. The molecule has 2 atom stereocenters. The average molecular weight is 297 g/mol. The molecule has 1 rings (SSSR count). The van der Waals surface area contributed by atoms with Gasteiger partial charge in [0, 0.05) is 18.7 Å². The van der Waals surface area contributed by atoms with E-state index in [9.17, 15) is 0 Å². The molecule has 0 amide bonds. The summed E-state index contributed by atoms with van der Waals surface area (Å²) in [6.07, 6.45) is 0.0559. The fourth-order valence-corrected chi connectivity index (χ4v) is 2.15. The van der Waals surface area contributed by atoms with Crippen molar-refractivity contribution < 1.29 is 18.9 Å². The summed E-state index contributed by atoms with van der Waals surface area (Å²) in [7, 11) is 4.98. The highest BCUT2D eigenvalue weighted by Gasteiger charge is 2.17. The van der Waals surface area contributed by atoms with Gasteiger partial charge >= 0.3 is 0 Å². The largest absolute Gasteiger partial charge is 0.497 e. The molecule has 120 valence electrons. The number of methoxy groups -OCH3 is 3. The van der Waals surface area contributed by atoms with Crippen molar-refractivity contribution in [1.29, 1.82) is 0 Å². The molecule has 0 radical (unpaired) electrons. The van der Waals surface area contributed by atoms with Crippen LogP contribution in [0, 0.1) is 0 Å². The van der Waals surface area contributed by atoms with Crippen LogP contribution in [-0.2, 0) is 9.47 Å². The zero-order valence-corrected chi connectivity index (χ0v) is 13.6. The monoisotopic (exact) mass is 297 g/mol. The van der Waals surface area contributed by atoms with Crippen molar-refractivity contribution in [2.45, 2.75) is 26.0 Å².